The summed E-state index contributed by atoms with van der Waals surface area (Å²) in [4.78, 5) is 0. The monoisotopic (exact) mass is 166 g/mol. The first-order chi connectivity index (χ1) is 5.68. The highest BCUT2D eigenvalue weighted by Gasteiger charge is 2.40. The summed E-state index contributed by atoms with van der Waals surface area (Å²) in [6, 6.07) is 0. The Bertz CT molecular complexity index is 197. The van der Waals surface area contributed by atoms with Crippen molar-refractivity contribution in [3.05, 3.63) is 12.3 Å². The Morgan fingerprint density at radius 3 is 2.83 bits per heavy atom. The molecule has 0 spiro atoms. The van der Waals surface area contributed by atoms with Gasteiger partial charge >= 0.3 is 0 Å². The number of rotatable bonds is 0. The van der Waals surface area contributed by atoms with E-state index in [1.807, 2.05) is 0 Å². The predicted molar refractivity (Wildman–Crippen MR) is 49.7 cm³/mol. The van der Waals surface area contributed by atoms with Crippen LogP contribution in [0, 0.1) is 17.8 Å². The van der Waals surface area contributed by atoms with E-state index >= 15 is 0 Å². The van der Waals surface area contributed by atoms with Crippen LogP contribution in [0.25, 0.3) is 0 Å². The van der Waals surface area contributed by atoms with Gasteiger partial charge in [-0.2, -0.15) is 0 Å². The van der Waals surface area contributed by atoms with E-state index in [-0.39, 0.29) is 0 Å². The summed E-state index contributed by atoms with van der Waals surface area (Å²) in [5.41, 5.74) is 0. The number of hydrogen-bond acceptors (Lipinski definition) is 1. The zero-order chi connectivity index (χ0) is 8.72. The topological polar surface area (TPSA) is 9.23 Å². The van der Waals surface area contributed by atoms with Crippen LogP contribution in [-0.4, -0.2) is 6.10 Å². The molecule has 1 aliphatic heterocycles. The fraction of sp³-hybridized carbons (Fsp3) is 0.818. The third-order valence-corrected chi connectivity index (χ3v) is 3.56. The number of hydrogen-bond donors (Lipinski definition) is 0. The largest absolute Gasteiger partial charge is 0.495 e. The molecule has 0 aromatic carbocycles. The van der Waals surface area contributed by atoms with Crippen molar-refractivity contribution in [2.24, 2.45) is 17.8 Å². The van der Waals surface area contributed by atoms with Gasteiger partial charge in [0.25, 0.3) is 0 Å². The Morgan fingerprint density at radius 1 is 1.33 bits per heavy atom. The Morgan fingerprint density at radius 2 is 2.08 bits per heavy atom. The standard InChI is InChI=1S/C11H18O/c1-7-4-5-10-8(2)9(3)12-11(10)6-7/h7-8,10-11H,3-6H2,1-2H3. The number of ether oxygens (including phenoxy) is 1. The fourth-order valence-electron chi connectivity index (χ4n) is 2.60. The molecular formula is C11H18O. The quantitative estimate of drug-likeness (QED) is 0.537. The van der Waals surface area contributed by atoms with Gasteiger partial charge in [-0.25, -0.2) is 0 Å². The smallest absolute Gasteiger partial charge is 0.102 e. The molecule has 12 heavy (non-hydrogen) atoms. The first-order valence-corrected chi connectivity index (χ1v) is 5.04. The second-order valence-corrected chi connectivity index (χ2v) is 4.49. The zero-order valence-corrected chi connectivity index (χ0v) is 8.05. The molecule has 1 aliphatic carbocycles. The normalized spacial score (nSPS) is 47.0. The Labute approximate surface area is 74.8 Å². The second kappa shape index (κ2) is 2.79. The summed E-state index contributed by atoms with van der Waals surface area (Å²) in [6.07, 6.45) is 4.46. The van der Waals surface area contributed by atoms with Gasteiger partial charge in [-0.05, 0) is 18.8 Å². The molecule has 0 aromatic heterocycles. The lowest BCUT2D eigenvalue weighted by Crippen LogP contribution is -2.27. The molecule has 0 N–H and O–H groups in total. The third-order valence-electron chi connectivity index (χ3n) is 3.56. The fourth-order valence-corrected chi connectivity index (χ4v) is 2.60. The van der Waals surface area contributed by atoms with Crippen LogP contribution >= 0.6 is 0 Å². The molecule has 1 saturated carbocycles. The SMILES string of the molecule is C=C1OC2CC(C)CCC2C1C. The van der Waals surface area contributed by atoms with Gasteiger partial charge in [-0.3, -0.25) is 0 Å². The summed E-state index contributed by atoms with van der Waals surface area (Å²) in [6.45, 7) is 8.54. The molecule has 1 heterocycles. The van der Waals surface area contributed by atoms with Gasteiger partial charge in [0.05, 0.1) is 5.76 Å². The Balaban J connectivity index is 2.09. The lowest BCUT2D eigenvalue weighted by Gasteiger charge is -2.29. The van der Waals surface area contributed by atoms with Gasteiger partial charge in [-0.1, -0.05) is 26.8 Å². The van der Waals surface area contributed by atoms with Crippen molar-refractivity contribution < 1.29 is 4.74 Å². The first-order valence-electron chi connectivity index (χ1n) is 5.04. The van der Waals surface area contributed by atoms with Crippen LogP contribution in [-0.2, 0) is 4.74 Å². The van der Waals surface area contributed by atoms with Crippen LogP contribution in [0.15, 0.2) is 12.3 Å². The average Bonchev–Trinajstić information content (AvgIpc) is 2.28. The van der Waals surface area contributed by atoms with E-state index in [0.29, 0.717) is 12.0 Å². The van der Waals surface area contributed by atoms with E-state index in [4.69, 9.17) is 4.74 Å². The predicted octanol–water partition coefficient (Wildman–Crippen LogP) is 2.97. The zero-order valence-electron chi connectivity index (χ0n) is 8.05. The summed E-state index contributed by atoms with van der Waals surface area (Å²) in [5, 5.41) is 0. The van der Waals surface area contributed by atoms with E-state index in [9.17, 15) is 0 Å². The summed E-state index contributed by atoms with van der Waals surface area (Å²) >= 11 is 0. The highest BCUT2D eigenvalue weighted by molar-refractivity contribution is 5.03. The van der Waals surface area contributed by atoms with Crippen LogP contribution in [0.3, 0.4) is 0 Å². The maximum atomic E-state index is 5.75. The van der Waals surface area contributed by atoms with Crippen LogP contribution in [0.5, 0.6) is 0 Å². The van der Waals surface area contributed by atoms with Crippen LogP contribution in [0.4, 0.5) is 0 Å². The molecule has 4 unspecified atom stereocenters. The maximum absolute atomic E-state index is 5.75. The highest BCUT2D eigenvalue weighted by Crippen LogP contribution is 2.44. The summed E-state index contributed by atoms with van der Waals surface area (Å²) < 4.78 is 5.75. The van der Waals surface area contributed by atoms with Crippen molar-refractivity contribution in [3.8, 4) is 0 Å². The first kappa shape index (κ1) is 8.15. The molecule has 0 amide bonds. The van der Waals surface area contributed by atoms with E-state index in [2.05, 4.69) is 20.4 Å². The molecule has 2 rings (SSSR count). The van der Waals surface area contributed by atoms with E-state index < -0.39 is 0 Å². The van der Waals surface area contributed by atoms with Gasteiger partial charge in [0.2, 0.25) is 0 Å². The summed E-state index contributed by atoms with van der Waals surface area (Å²) in [5.74, 6) is 3.25. The molecule has 68 valence electrons. The molecule has 4 atom stereocenters. The molecule has 1 heteroatoms. The molecule has 0 aromatic rings. The van der Waals surface area contributed by atoms with Crippen molar-refractivity contribution in [1.29, 1.82) is 0 Å². The van der Waals surface area contributed by atoms with E-state index in [1.54, 1.807) is 0 Å². The van der Waals surface area contributed by atoms with Crippen LogP contribution < -0.4 is 0 Å². The molecule has 2 fully saturated rings. The van der Waals surface area contributed by atoms with Crippen LogP contribution in [0.1, 0.15) is 33.1 Å². The molecule has 0 radical (unpaired) electrons. The van der Waals surface area contributed by atoms with Gasteiger partial charge < -0.3 is 4.74 Å². The molecule has 1 saturated heterocycles. The minimum Gasteiger partial charge on any atom is -0.495 e. The number of fused-ring (bicyclic) bond motifs is 1. The van der Waals surface area contributed by atoms with Gasteiger partial charge in [-0.15, -0.1) is 0 Å². The number of allylic oxidation sites excluding steroid dienone is 1. The van der Waals surface area contributed by atoms with Crippen molar-refractivity contribution in [2.45, 2.75) is 39.2 Å². The average molecular weight is 166 g/mol. The van der Waals surface area contributed by atoms with Gasteiger partial charge in [0.15, 0.2) is 0 Å². The van der Waals surface area contributed by atoms with E-state index in [1.165, 1.54) is 19.3 Å². The highest BCUT2D eigenvalue weighted by atomic mass is 16.5. The van der Waals surface area contributed by atoms with E-state index in [0.717, 1.165) is 17.6 Å². The molecule has 0 bridgehead atoms. The second-order valence-electron chi connectivity index (χ2n) is 4.49. The Hall–Kier alpha value is -0.460. The maximum Gasteiger partial charge on any atom is 0.102 e. The lowest BCUT2D eigenvalue weighted by molar-refractivity contribution is 0.0752. The minimum absolute atomic E-state index is 0.497. The van der Waals surface area contributed by atoms with Crippen LogP contribution in [0.2, 0.25) is 0 Å². The third kappa shape index (κ3) is 1.16. The van der Waals surface area contributed by atoms with Crippen molar-refractivity contribution >= 4 is 0 Å². The molecular weight excluding hydrogens is 148 g/mol. The molecule has 2 aliphatic rings. The van der Waals surface area contributed by atoms with Crippen molar-refractivity contribution in [1.82, 2.24) is 0 Å². The van der Waals surface area contributed by atoms with Crippen molar-refractivity contribution in [2.75, 3.05) is 0 Å². The van der Waals surface area contributed by atoms with Gasteiger partial charge in [0, 0.05) is 11.8 Å². The van der Waals surface area contributed by atoms with Crippen molar-refractivity contribution in [3.63, 3.8) is 0 Å². The summed E-state index contributed by atoms with van der Waals surface area (Å²) in [7, 11) is 0. The minimum atomic E-state index is 0.497. The Kier molecular flexibility index (Phi) is 1.90. The van der Waals surface area contributed by atoms with Gasteiger partial charge in [0.1, 0.15) is 6.10 Å². The lowest BCUT2D eigenvalue weighted by atomic mass is 9.76. The molecule has 1 nitrogen and oxygen atoms in total.